The fourth-order valence-corrected chi connectivity index (χ4v) is 3.56. The predicted octanol–water partition coefficient (Wildman–Crippen LogP) is 3.05. The molecule has 0 saturated heterocycles. The molecule has 2 amide bonds. The average Bonchev–Trinajstić information content (AvgIpc) is 3.16. The zero-order valence-electron chi connectivity index (χ0n) is 17.6. The Hall–Kier alpha value is -3.64. The molecule has 2 aromatic carbocycles. The number of nitrogens with zero attached hydrogens (tertiary/aromatic N) is 4. The summed E-state index contributed by atoms with van der Waals surface area (Å²) in [5.41, 5.74) is 0.442. The number of nitrogens with one attached hydrogen (secondary N) is 2. The van der Waals surface area contributed by atoms with E-state index in [-0.39, 0.29) is 34.6 Å². The number of aromatic nitrogens is 3. The van der Waals surface area contributed by atoms with Gasteiger partial charge in [0.25, 0.3) is 11.6 Å². The summed E-state index contributed by atoms with van der Waals surface area (Å²) in [5.74, 6) is 0.436. The van der Waals surface area contributed by atoms with Gasteiger partial charge in [0.1, 0.15) is 5.75 Å². The van der Waals surface area contributed by atoms with Crippen molar-refractivity contribution in [1.29, 1.82) is 0 Å². The number of carbonyl (C=O) groups is 2. The van der Waals surface area contributed by atoms with Crippen LogP contribution in [0.15, 0.2) is 47.6 Å². The number of nitro groups is 1. The Morgan fingerprint density at radius 3 is 2.61 bits per heavy atom. The molecule has 1 aromatic heterocycles. The van der Waals surface area contributed by atoms with E-state index in [0.29, 0.717) is 22.3 Å². The summed E-state index contributed by atoms with van der Waals surface area (Å²) < 4.78 is 6.73. The highest BCUT2D eigenvalue weighted by molar-refractivity contribution is 7.99. The quantitative estimate of drug-likeness (QED) is 0.265. The third-order valence-corrected chi connectivity index (χ3v) is 5.80. The van der Waals surface area contributed by atoms with Crippen molar-refractivity contribution in [1.82, 2.24) is 20.1 Å². The van der Waals surface area contributed by atoms with Crippen LogP contribution in [0.2, 0.25) is 5.02 Å². The van der Waals surface area contributed by atoms with Crippen LogP contribution in [0.25, 0.3) is 0 Å². The first-order valence-electron chi connectivity index (χ1n) is 9.45. The van der Waals surface area contributed by atoms with Crippen LogP contribution >= 0.6 is 23.4 Å². The summed E-state index contributed by atoms with van der Waals surface area (Å²) in [7, 11) is 3.26. The highest BCUT2D eigenvalue weighted by atomic mass is 35.5. The first-order valence-corrected chi connectivity index (χ1v) is 10.8. The Balaban J connectivity index is 1.54. The van der Waals surface area contributed by atoms with Crippen LogP contribution in [0, 0.1) is 10.1 Å². The molecule has 0 saturated carbocycles. The van der Waals surface area contributed by atoms with Gasteiger partial charge in [-0.15, -0.1) is 10.2 Å². The minimum Gasteiger partial charge on any atom is -0.497 e. The molecule has 0 bridgehead atoms. The summed E-state index contributed by atoms with van der Waals surface area (Å²) in [6.45, 7) is 0.143. The number of thioether (sulfide) groups is 1. The van der Waals surface area contributed by atoms with E-state index in [2.05, 4.69) is 20.8 Å². The van der Waals surface area contributed by atoms with E-state index in [1.807, 2.05) is 0 Å². The number of halogens is 1. The summed E-state index contributed by atoms with van der Waals surface area (Å²) in [5, 5.41) is 24.9. The Kier molecular flexibility index (Phi) is 7.85. The van der Waals surface area contributed by atoms with Crippen molar-refractivity contribution in [2.24, 2.45) is 7.05 Å². The van der Waals surface area contributed by atoms with Gasteiger partial charge in [-0.2, -0.15) is 0 Å². The van der Waals surface area contributed by atoms with Gasteiger partial charge in [-0.1, -0.05) is 23.4 Å². The van der Waals surface area contributed by atoms with Crippen LogP contribution in [-0.4, -0.2) is 44.4 Å². The number of nitro benzene ring substituents is 1. The van der Waals surface area contributed by atoms with E-state index in [0.717, 1.165) is 11.8 Å². The second-order valence-electron chi connectivity index (χ2n) is 6.63. The molecule has 1 heterocycles. The summed E-state index contributed by atoms with van der Waals surface area (Å²) in [6, 6.07) is 10.5. The van der Waals surface area contributed by atoms with Crippen LogP contribution in [-0.2, 0) is 18.4 Å². The molecule has 0 fully saturated rings. The maximum atomic E-state index is 12.3. The van der Waals surface area contributed by atoms with Crippen molar-refractivity contribution < 1.29 is 19.2 Å². The molecule has 33 heavy (non-hydrogen) atoms. The van der Waals surface area contributed by atoms with Gasteiger partial charge in [-0.3, -0.25) is 19.7 Å². The van der Waals surface area contributed by atoms with Crippen LogP contribution in [0.3, 0.4) is 0 Å². The van der Waals surface area contributed by atoms with Gasteiger partial charge >= 0.3 is 0 Å². The van der Waals surface area contributed by atoms with E-state index < -0.39 is 10.8 Å². The molecule has 0 unspecified atom stereocenters. The Morgan fingerprint density at radius 1 is 1.21 bits per heavy atom. The van der Waals surface area contributed by atoms with Gasteiger partial charge < -0.3 is 19.9 Å². The number of amides is 2. The predicted molar refractivity (Wildman–Crippen MR) is 123 cm³/mol. The number of ether oxygens (including phenoxy) is 1. The van der Waals surface area contributed by atoms with E-state index >= 15 is 0 Å². The van der Waals surface area contributed by atoms with Crippen molar-refractivity contribution in [3.05, 3.63) is 69.0 Å². The van der Waals surface area contributed by atoms with Gasteiger partial charge in [-0.05, 0) is 30.3 Å². The smallest absolute Gasteiger partial charge is 0.271 e. The maximum Gasteiger partial charge on any atom is 0.271 e. The average molecular weight is 491 g/mol. The first kappa shape index (κ1) is 24.0. The second-order valence-corrected chi connectivity index (χ2v) is 7.98. The minimum absolute atomic E-state index is 0.0246. The van der Waals surface area contributed by atoms with Crippen molar-refractivity contribution >= 4 is 46.6 Å². The van der Waals surface area contributed by atoms with E-state index in [1.165, 1.54) is 18.2 Å². The Bertz CT molecular complexity index is 1180. The molecule has 172 valence electrons. The lowest BCUT2D eigenvalue weighted by atomic mass is 10.2. The Labute approximate surface area is 197 Å². The van der Waals surface area contributed by atoms with Gasteiger partial charge in [0.15, 0.2) is 11.0 Å². The van der Waals surface area contributed by atoms with Crippen LogP contribution < -0.4 is 15.4 Å². The van der Waals surface area contributed by atoms with Crippen LogP contribution in [0.5, 0.6) is 5.75 Å². The third kappa shape index (κ3) is 6.20. The van der Waals surface area contributed by atoms with Gasteiger partial charge in [0, 0.05) is 24.7 Å². The van der Waals surface area contributed by atoms with Crippen molar-refractivity contribution in [2.75, 3.05) is 18.2 Å². The lowest BCUT2D eigenvalue weighted by molar-refractivity contribution is -0.384. The number of non-ortho nitro benzene ring substituents is 1. The Morgan fingerprint density at radius 2 is 1.94 bits per heavy atom. The summed E-state index contributed by atoms with van der Waals surface area (Å²) >= 11 is 7.12. The number of rotatable bonds is 9. The maximum absolute atomic E-state index is 12.3. The molecule has 0 spiro atoms. The monoisotopic (exact) mass is 490 g/mol. The topological polar surface area (TPSA) is 141 Å². The van der Waals surface area contributed by atoms with Gasteiger partial charge in [-0.25, -0.2) is 0 Å². The lowest BCUT2D eigenvalue weighted by Gasteiger charge is -2.08. The molecular weight excluding hydrogens is 472 g/mol. The number of anilines is 1. The molecule has 0 aliphatic heterocycles. The summed E-state index contributed by atoms with van der Waals surface area (Å²) in [6.07, 6.45) is 0. The molecule has 3 rings (SSSR count). The number of methoxy groups -OCH3 is 1. The molecule has 11 nitrogen and oxygen atoms in total. The van der Waals surface area contributed by atoms with Crippen molar-refractivity contribution in [3.63, 3.8) is 0 Å². The summed E-state index contributed by atoms with van der Waals surface area (Å²) in [4.78, 5) is 34.9. The van der Waals surface area contributed by atoms with E-state index in [4.69, 9.17) is 16.3 Å². The van der Waals surface area contributed by atoms with Crippen LogP contribution in [0.1, 0.15) is 16.2 Å². The highest BCUT2D eigenvalue weighted by Crippen LogP contribution is 2.27. The molecule has 2 N–H and O–H groups in total. The van der Waals surface area contributed by atoms with Crippen molar-refractivity contribution in [3.8, 4) is 5.75 Å². The normalized spacial score (nSPS) is 10.5. The molecule has 0 aliphatic rings. The largest absolute Gasteiger partial charge is 0.497 e. The number of carbonyl (C=O) groups excluding carboxylic acids is 2. The fourth-order valence-electron chi connectivity index (χ4n) is 2.67. The number of hydrogen-bond acceptors (Lipinski definition) is 8. The van der Waals surface area contributed by atoms with E-state index in [1.54, 1.807) is 43.0 Å². The molecule has 3 aromatic rings. The lowest BCUT2D eigenvalue weighted by Crippen LogP contribution is -2.24. The molecule has 0 aliphatic carbocycles. The first-order chi connectivity index (χ1) is 15.8. The third-order valence-electron chi connectivity index (χ3n) is 4.45. The van der Waals surface area contributed by atoms with Crippen molar-refractivity contribution in [2.45, 2.75) is 11.7 Å². The standard InChI is InChI=1S/C20H19ClN6O5S/c1-26-17(10-22-19(29)12-3-6-14(32-2)7-4-12)24-25-20(26)33-11-18(28)23-16-9-13(27(30)31)5-8-15(16)21/h3-9H,10-11H2,1-2H3,(H,22,29)(H,23,28). The number of benzene rings is 2. The fraction of sp³-hybridized carbons (Fsp3) is 0.200. The zero-order chi connectivity index (χ0) is 24.0. The van der Waals surface area contributed by atoms with Gasteiger partial charge in [0.05, 0.1) is 35.0 Å². The molecule has 13 heteroatoms. The molecular formula is C20H19ClN6O5S. The molecule has 0 atom stereocenters. The second kappa shape index (κ2) is 10.8. The highest BCUT2D eigenvalue weighted by Gasteiger charge is 2.15. The molecule has 0 radical (unpaired) electrons. The number of hydrogen-bond donors (Lipinski definition) is 2. The van der Waals surface area contributed by atoms with Gasteiger partial charge in [0.2, 0.25) is 5.91 Å². The van der Waals surface area contributed by atoms with E-state index in [9.17, 15) is 19.7 Å². The minimum atomic E-state index is -0.574. The van der Waals surface area contributed by atoms with Crippen LogP contribution in [0.4, 0.5) is 11.4 Å². The SMILES string of the molecule is COc1ccc(C(=O)NCc2nnc(SCC(=O)Nc3cc([N+](=O)[O-])ccc3Cl)n2C)cc1. The zero-order valence-corrected chi connectivity index (χ0v) is 19.1.